The molecule has 1 saturated carbocycles. The van der Waals surface area contributed by atoms with E-state index in [-0.39, 0.29) is 17.9 Å². The van der Waals surface area contributed by atoms with Crippen LogP contribution in [-0.2, 0) is 4.79 Å². The Morgan fingerprint density at radius 2 is 1.70 bits per heavy atom. The van der Waals surface area contributed by atoms with E-state index in [9.17, 15) is 4.79 Å². The van der Waals surface area contributed by atoms with Gasteiger partial charge in [-0.25, -0.2) is 0 Å². The molecule has 2 heteroatoms. The van der Waals surface area contributed by atoms with E-state index < -0.39 is 0 Å². The standard InChI is InChI=1S/C21H25NO/c1-15-8-10-18(11-9-15)21(19-12-13-19)22-20(23)14-16(2)17-6-4-3-5-7-17/h3-11,16,19,21H,12-14H2,1-2H3,(H,22,23). The van der Waals surface area contributed by atoms with Gasteiger partial charge >= 0.3 is 0 Å². The molecule has 2 aromatic rings. The van der Waals surface area contributed by atoms with Gasteiger partial charge in [-0.3, -0.25) is 4.79 Å². The van der Waals surface area contributed by atoms with Gasteiger partial charge in [0.1, 0.15) is 0 Å². The van der Waals surface area contributed by atoms with Crippen molar-refractivity contribution >= 4 is 5.91 Å². The second-order valence-electron chi connectivity index (χ2n) is 6.81. The third-order valence-corrected chi connectivity index (χ3v) is 4.71. The number of aryl methyl sites for hydroxylation is 1. The lowest BCUT2D eigenvalue weighted by atomic mass is 9.96. The summed E-state index contributed by atoms with van der Waals surface area (Å²) in [7, 11) is 0. The highest BCUT2D eigenvalue weighted by Gasteiger charge is 2.33. The van der Waals surface area contributed by atoms with Crippen molar-refractivity contribution in [1.82, 2.24) is 5.32 Å². The third-order valence-electron chi connectivity index (χ3n) is 4.71. The number of rotatable bonds is 6. The van der Waals surface area contributed by atoms with Crippen molar-refractivity contribution in [3.8, 4) is 0 Å². The summed E-state index contributed by atoms with van der Waals surface area (Å²) < 4.78 is 0. The maximum absolute atomic E-state index is 12.5. The van der Waals surface area contributed by atoms with E-state index >= 15 is 0 Å². The van der Waals surface area contributed by atoms with Gasteiger partial charge in [-0.2, -0.15) is 0 Å². The maximum atomic E-state index is 12.5. The summed E-state index contributed by atoms with van der Waals surface area (Å²) >= 11 is 0. The molecular weight excluding hydrogens is 282 g/mol. The first-order valence-electron chi connectivity index (χ1n) is 8.54. The first-order valence-corrected chi connectivity index (χ1v) is 8.54. The topological polar surface area (TPSA) is 29.1 Å². The molecule has 23 heavy (non-hydrogen) atoms. The summed E-state index contributed by atoms with van der Waals surface area (Å²) in [4.78, 5) is 12.5. The fourth-order valence-electron chi connectivity index (χ4n) is 3.09. The molecule has 0 radical (unpaired) electrons. The molecular formula is C21H25NO. The van der Waals surface area contributed by atoms with Crippen LogP contribution in [0.25, 0.3) is 0 Å². The predicted octanol–water partition coefficient (Wildman–Crippen LogP) is 4.76. The average Bonchev–Trinajstić information content (AvgIpc) is 3.39. The highest BCUT2D eigenvalue weighted by Crippen LogP contribution is 2.41. The zero-order chi connectivity index (χ0) is 16.2. The highest BCUT2D eigenvalue weighted by molar-refractivity contribution is 5.77. The molecule has 0 heterocycles. The molecule has 120 valence electrons. The number of amides is 1. The van der Waals surface area contributed by atoms with Crippen molar-refractivity contribution in [2.45, 2.75) is 45.1 Å². The van der Waals surface area contributed by atoms with Crippen LogP contribution in [0.5, 0.6) is 0 Å². The second-order valence-corrected chi connectivity index (χ2v) is 6.81. The van der Waals surface area contributed by atoms with Crippen LogP contribution < -0.4 is 5.32 Å². The third kappa shape index (κ3) is 4.22. The number of carbonyl (C=O) groups excluding carboxylic acids is 1. The Morgan fingerprint density at radius 3 is 2.30 bits per heavy atom. The highest BCUT2D eigenvalue weighted by atomic mass is 16.1. The number of carbonyl (C=O) groups is 1. The molecule has 0 saturated heterocycles. The van der Waals surface area contributed by atoms with Crippen molar-refractivity contribution in [1.29, 1.82) is 0 Å². The summed E-state index contributed by atoms with van der Waals surface area (Å²) in [5, 5.41) is 3.28. The van der Waals surface area contributed by atoms with Crippen LogP contribution in [0.3, 0.4) is 0 Å². The number of benzene rings is 2. The van der Waals surface area contributed by atoms with Crippen molar-refractivity contribution in [3.05, 3.63) is 71.3 Å². The first kappa shape index (κ1) is 15.8. The lowest BCUT2D eigenvalue weighted by molar-refractivity contribution is -0.122. The SMILES string of the molecule is Cc1ccc(C(NC(=O)CC(C)c2ccccc2)C2CC2)cc1. The zero-order valence-electron chi connectivity index (χ0n) is 14.0. The fourth-order valence-corrected chi connectivity index (χ4v) is 3.09. The largest absolute Gasteiger partial charge is 0.349 e. The molecule has 2 unspecified atom stereocenters. The van der Waals surface area contributed by atoms with Crippen molar-refractivity contribution < 1.29 is 4.79 Å². The van der Waals surface area contributed by atoms with Crippen LogP contribution >= 0.6 is 0 Å². The van der Waals surface area contributed by atoms with Crippen LogP contribution in [0.1, 0.15) is 54.8 Å². The molecule has 2 nitrogen and oxygen atoms in total. The van der Waals surface area contributed by atoms with Crippen LogP contribution in [-0.4, -0.2) is 5.91 Å². The summed E-state index contributed by atoms with van der Waals surface area (Å²) in [6.07, 6.45) is 2.97. The lowest BCUT2D eigenvalue weighted by Crippen LogP contribution is -2.30. The monoisotopic (exact) mass is 307 g/mol. The van der Waals surface area contributed by atoms with Gasteiger partial charge in [0.15, 0.2) is 0 Å². The van der Waals surface area contributed by atoms with Gasteiger partial charge in [-0.15, -0.1) is 0 Å². The Bertz CT molecular complexity index is 643. The van der Waals surface area contributed by atoms with Gasteiger partial charge in [0.05, 0.1) is 6.04 Å². The van der Waals surface area contributed by atoms with Gasteiger partial charge in [-0.05, 0) is 42.7 Å². The van der Waals surface area contributed by atoms with Gasteiger partial charge in [0.2, 0.25) is 5.91 Å². The van der Waals surface area contributed by atoms with Crippen molar-refractivity contribution in [3.63, 3.8) is 0 Å². The van der Waals surface area contributed by atoms with Crippen molar-refractivity contribution in [2.75, 3.05) is 0 Å². The summed E-state index contributed by atoms with van der Waals surface area (Å²) in [6.45, 7) is 4.21. The molecule has 1 aliphatic carbocycles. The van der Waals surface area contributed by atoms with Crippen LogP contribution in [0.4, 0.5) is 0 Å². The van der Waals surface area contributed by atoms with Gasteiger partial charge < -0.3 is 5.32 Å². The number of nitrogens with one attached hydrogen (secondary N) is 1. The molecule has 0 aliphatic heterocycles. The molecule has 2 aromatic carbocycles. The van der Waals surface area contributed by atoms with E-state index in [0.717, 1.165) is 0 Å². The molecule has 2 atom stereocenters. The molecule has 0 spiro atoms. The van der Waals surface area contributed by atoms with Gasteiger partial charge in [0, 0.05) is 6.42 Å². The zero-order valence-corrected chi connectivity index (χ0v) is 14.0. The van der Waals surface area contributed by atoms with Gasteiger partial charge in [-0.1, -0.05) is 67.1 Å². The van der Waals surface area contributed by atoms with Crippen molar-refractivity contribution in [2.24, 2.45) is 5.92 Å². The second kappa shape index (κ2) is 6.99. The van der Waals surface area contributed by atoms with E-state index in [1.54, 1.807) is 0 Å². The van der Waals surface area contributed by atoms with Crippen LogP contribution in [0, 0.1) is 12.8 Å². The molecule has 0 bridgehead atoms. The molecule has 1 amide bonds. The minimum atomic E-state index is 0.152. The smallest absolute Gasteiger partial charge is 0.221 e. The Labute approximate surface area is 138 Å². The Morgan fingerprint density at radius 1 is 1.04 bits per heavy atom. The molecule has 1 fully saturated rings. The molecule has 1 N–H and O–H groups in total. The molecule has 1 aliphatic rings. The number of hydrogen-bond acceptors (Lipinski definition) is 1. The van der Waals surface area contributed by atoms with E-state index in [2.05, 4.69) is 55.6 Å². The summed E-state index contributed by atoms with van der Waals surface area (Å²) in [5.74, 6) is 1.00. The normalized spacial score (nSPS) is 16.6. The van der Waals surface area contributed by atoms with E-state index in [1.807, 2.05) is 18.2 Å². The quantitative estimate of drug-likeness (QED) is 0.819. The van der Waals surface area contributed by atoms with Gasteiger partial charge in [0.25, 0.3) is 0 Å². The Hall–Kier alpha value is -2.09. The summed E-state index contributed by atoms with van der Waals surface area (Å²) in [5.41, 5.74) is 3.71. The van der Waals surface area contributed by atoms with E-state index in [1.165, 1.54) is 29.5 Å². The fraction of sp³-hybridized carbons (Fsp3) is 0.381. The van der Waals surface area contributed by atoms with E-state index in [4.69, 9.17) is 0 Å². The number of hydrogen-bond donors (Lipinski definition) is 1. The first-order chi connectivity index (χ1) is 11.1. The molecule has 0 aromatic heterocycles. The maximum Gasteiger partial charge on any atom is 0.221 e. The average molecular weight is 307 g/mol. The predicted molar refractivity (Wildman–Crippen MR) is 94.3 cm³/mol. The molecule has 3 rings (SSSR count). The van der Waals surface area contributed by atoms with Crippen LogP contribution in [0.15, 0.2) is 54.6 Å². The summed E-state index contributed by atoms with van der Waals surface area (Å²) in [6, 6.07) is 19.0. The van der Waals surface area contributed by atoms with Crippen LogP contribution in [0.2, 0.25) is 0 Å². The Balaban J connectivity index is 1.64. The Kier molecular flexibility index (Phi) is 4.80. The lowest BCUT2D eigenvalue weighted by Gasteiger charge is -2.20. The minimum Gasteiger partial charge on any atom is -0.349 e. The minimum absolute atomic E-state index is 0.152. The van der Waals surface area contributed by atoms with E-state index in [0.29, 0.717) is 12.3 Å².